The normalized spacial score (nSPS) is 11.6. The zero-order valence-electron chi connectivity index (χ0n) is 9.81. The molecule has 0 heterocycles. The molecule has 16 heavy (non-hydrogen) atoms. The van der Waals surface area contributed by atoms with E-state index in [4.69, 9.17) is 27.9 Å². The Balaban J connectivity index is 2.53. The first-order valence-electron chi connectivity index (χ1n) is 5.19. The Hall–Kier alpha value is -0.440. The predicted octanol–water partition coefficient (Wildman–Crippen LogP) is 4.22. The largest absolute Gasteiger partial charge is 0.384 e. The van der Waals surface area contributed by atoms with E-state index >= 15 is 0 Å². The summed E-state index contributed by atoms with van der Waals surface area (Å²) in [6.07, 6.45) is 0.895. The van der Waals surface area contributed by atoms with Gasteiger partial charge in [0.1, 0.15) is 0 Å². The topological polar surface area (TPSA) is 21.3 Å². The van der Waals surface area contributed by atoms with E-state index in [0.29, 0.717) is 10.0 Å². The molecule has 0 fully saturated rings. The summed E-state index contributed by atoms with van der Waals surface area (Å²) in [5.41, 5.74) is 0.735. The molecule has 1 N–H and O–H groups in total. The molecule has 0 aliphatic heterocycles. The Labute approximate surface area is 107 Å². The van der Waals surface area contributed by atoms with E-state index in [2.05, 4.69) is 5.32 Å². The molecule has 0 aliphatic carbocycles. The second kappa shape index (κ2) is 5.76. The third-order valence-electron chi connectivity index (χ3n) is 2.55. The number of hydrogen-bond acceptors (Lipinski definition) is 2. The second-order valence-electron chi connectivity index (χ2n) is 4.24. The van der Waals surface area contributed by atoms with E-state index in [0.717, 1.165) is 18.7 Å². The Kier molecular flexibility index (Phi) is 4.90. The molecule has 0 amide bonds. The summed E-state index contributed by atoms with van der Waals surface area (Å²) in [5.74, 6) is 0. The zero-order chi connectivity index (χ0) is 12.2. The van der Waals surface area contributed by atoms with Gasteiger partial charge in [-0.05, 0) is 32.4 Å². The van der Waals surface area contributed by atoms with Crippen LogP contribution in [0.5, 0.6) is 0 Å². The molecule has 0 radical (unpaired) electrons. The van der Waals surface area contributed by atoms with Crippen LogP contribution in [0, 0.1) is 0 Å². The Bertz CT molecular complexity index is 353. The molecule has 0 atom stereocenters. The first-order valence-corrected chi connectivity index (χ1v) is 5.95. The molecule has 0 bridgehead atoms. The van der Waals surface area contributed by atoms with Crippen LogP contribution in [-0.4, -0.2) is 19.3 Å². The van der Waals surface area contributed by atoms with Gasteiger partial charge in [-0.15, -0.1) is 0 Å². The van der Waals surface area contributed by atoms with Crippen molar-refractivity contribution < 1.29 is 4.74 Å². The molecular formula is C12H17Cl2NO. The molecule has 0 saturated heterocycles. The summed E-state index contributed by atoms with van der Waals surface area (Å²) in [5, 5.41) is 4.38. The highest BCUT2D eigenvalue weighted by Crippen LogP contribution is 2.29. The van der Waals surface area contributed by atoms with Crippen molar-refractivity contribution in [1.29, 1.82) is 0 Å². The predicted molar refractivity (Wildman–Crippen MR) is 70.7 cm³/mol. The smallest absolute Gasteiger partial charge is 0.0823 e. The van der Waals surface area contributed by atoms with Gasteiger partial charge in [0.05, 0.1) is 21.3 Å². The average Bonchev–Trinajstić information content (AvgIpc) is 2.24. The molecule has 0 saturated carbocycles. The fourth-order valence-electron chi connectivity index (χ4n) is 1.24. The van der Waals surface area contributed by atoms with Crippen molar-refractivity contribution in [3.05, 3.63) is 28.2 Å². The van der Waals surface area contributed by atoms with E-state index in [9.17, 15) is 0 Å². The fraction of sp³-hybridized carbons (Fsp3) is 0.500. The maximum absolute atomic E-state index is 6.05. The highest BCUT2D eigenvalue weighted by Gasteiger charge is 2.15. The minimum Gasteiger partial charge on any atom is -0.384 e. The van der Waals surface area contributed by atoms with Crippen LogP contribution in [0.1, 0.15) is 20.3 Å². The molecule has 0 unspecified atom stereocenters. The number of methoxy groups -OCH3 is 1. The van der Waals surface area contributed by atoms with Crippen LogP contribution >= 0.6 is 23.2 Å². The minimum atomic E-state index is -0.127. The molecule has 0 aromatic heterocycles. The van der Waals surface area contributed by atoms with Crippen molar-refractivity contribution in [3.8, 4) is 0 Å². The zero-order valence-corrected chi connectivity index (χ0v) is 11.3. The van der Waals surface area contributed by atoms with Crippen LogP contribution in [0.25, 0.3) is 0 Å². The summed E-state index contributed by atoms with van der Waals surface area (Å²) in [4.78, 5) is 0. The Morgan fingerprint density at radius 3 is 2.62 bits per heavy atom. The highest BCUT2D eigenvalue weighted by molar-refractivity contribution is 6.43. The van der Waals surface area contributed by atoms with Gasteiger partial charge in [0.15, 0.2) is 0 Å². The van der Waals surface area contributed by atoms with Crippen molar-refractivity contribution in [1.82, 2.24) is 0 Å². The van der Waals surface area contributed by atoms with E-state index in [1.54, 1.807) is 13.2 Å². The van der Waals surface area contributed by atoms with Gasteiger partial charge < -0.3 is 10.1 Å². The standard InChI is InChI=1S/C12H17Cl2NO/c1-12(2,16-3)7-8-15-10-6-4-5-9(13)11(10)14/h4-6,15H,7-8H2,1-3H3. The molecule has 0 aliphatic rings. The van der Waals surface area contributed by atoms with Crippen LogP contribution in [0.2, 0.25) is 10.0 Å². The van der Waals surface area contributed by atoms with Crippen molar-refractivity contribution in [2.24, 2.45) is 0 Å². The summed E-state index contributed by atoms with van der Waals surface area (Å²) in [6.45, 7) is 4.89. The van der Waals surface area contributed by atoms with Gasteiger partial charge in [-0.3, -0.25) is 0 Å². The summed E-state index contributed by atoms with van der Waals surface area (Å²) >= 11 is 12.0. The van der Waals surface area contributed by atoms with E-state index in [1.165, 1.54) is 0 Å². The minimum absolute atomic E-state index is 0.127. The first kappa shape index (κ1) is 13.6. The molecule has 2 nitrogen and oxygen atoms in total. The van der Waals surface area contributed by atoms with Crippen molar-refractivity contribution in [3.63, 3.8) is 0 Å². The summed E-state index contributed by atoms with van der Waals surface area (Å²) in [6, 6.07) is 5.56. The quantitative estimate of drug-likeness (QED) is 0.857. The van der Waals surface area contributed by atoms with Gasteiger partial charge in [0.2, 0.25) is 0 Å². The number of anilines is 1. The van der Waals surface area contributed by atoms with Gasteiger partial charge in [0, 0.05) is 13.7 Å². The van der Waals surface area contributed by atoms with Crippen LogP contribution in [-0.2, 0) is 4.74 Å². The van der Waals surface area contributed by atoms with E-state index < -0.39 is 0 Å². The second-order valence-corrected chi connectivity index (χ2v) is 5.03. The molecular weight excluding hydrogens is 245 g/mol. The van der Waals surface area contributed by atoms with Crippen LogP contribution < -0.4 is 5.32 Å². The van der Waals surface area contributed by atoms with Gasteiger partial charge in [-0.25, -0.2) is 0 Å². The lowest BCUT2D eigenvalue weighted by molar-refractivity contribution is 0.0185. The maximum atomic E-state index is 6.05. The third-order valence-corrected chi connectivity index (χ3v) is 3.37. The monoisotopic (exact) mass is 261 g/mol. The van der Waals surface area contributed by atoms with Crippen LogP contribution in [0.4, 0.5) is 5.69 Å². The lowest BCUT2D eigenvalue weighted by Crippen LogP contribution is -2.25. The number of nitrogens with one attached hydrogen (secondary N) is 1. The lowest BCUT2D eigenvalue weighted by Gasteiger charge is -2.23. The molecule has 4 heteroatoms. The van der Waals surface area contributed by atoms with Crippen LogP contribution in [0.3, 0.4) is 0 Å². The third kappa shape index (κ3) is 3.85. The summed E-state index contributed by atoms with van der Waals surface area (Å²) < 4.78 is 5.33. The maximum Gasteiger partial charge on any atom is 0.0823 e. The van der Waals surface area contributed by atoms with Crippen molar-refractivity contribution in [2.45, 2.75) is 25.9 Å². The Morgan fingerprint density at radius 2 is 2.00 bits per heavy atom. The van der Waals surface area contributed by atoms with Crippen molar-refractivity contribution in [2.75, 3.05) is 19.0 Å². The Morgan fingerprint density at radius 1 is 1.31 bits per heavy atom. The number of hydrogen-bond donors (Lipinski definition) is 1. The molecule has 1 rings (SSSR count). The van der Waals surface area contributed by atoms with Gasteiger partial charge >= 0.3 is 0 Å². The lowest BCUT2D eigenvalue weighted by atomic mass is 10.1. The van der Waals surface area contributed by atoms with E-state index in [-0.39, 0.29) is 5.60 Å². The number of rotatable bonds is 5. The fourth-order valence-corrected chi connectivity index (χ4v) is 1.61. The summed E-state index contributed by atoms with van der Waals surface area (Å²) in [7, 11) is 1.71. The number of ether oxygens (including phenoxy) is 1. The average molecular weight is 262 g/mol. The van der Waals surface area contributed by atoms with Crippen LogP contribution in [0.15, 0.2) is 18.2 Å². The molecule has 0 spiro atoms. The van der Waals surface area contributed by atoms with Gasteiger partial charge in [0.25, 0.3) is 0 Å². The molecule has 90 valence electrons. The first-order chi connectivity index (χ1) is 7.46. The van der Waals surface area contributed by atoms with Gasteiger partial charge in [-0.2, -0.15) is 0 Å². The highest BCUT2D eigenvalue weighted by atomic mass is 35.5. The molecule has 1 aromatic carbocycles. The SMILES string of the molecule is COC(C)(C)CCNc1cccc(Cl)c1Cl. The van der Waals surface area contributed by atoms with Crippen molar-refractivity contribution >= 4 is 28.9 Å². The van der Waals surface area contributed by atoms with Gasteiger partial charge in [-0.1, -0.05) is 29.3 Å². The molecule has 1 aromatic rings. The number of benzene rings is 1. The van der Waals surface area contributed by atoms with E-state index in [1.807, 2.05) is 26.0 Å². The number of halogens is 2.